The van der Waals surface area contributed by atoms with E-state index in [0.29, 0.717) is 42.7 Å². The van der Waals surface area contributed by atoms with Gasteiger partial charge >= 0.3 is 5.97 Å². The zero-order chi connectivity index (χ0) is 29.8. The Hall–Kier alpha value is -3.14. The topological polar surface area (TPSA) is 104 Å². The van der Waals surface area contributed by atoms with Gasteiger partial charge in [0.1, 0.15) is 6.04 Å². The molecule has 0 aromatic heterocycles. The molecule has 220 valence electrons. The summed E-state index contributed by atoms with van der Waals surface area (Å²) in [5, 5.41) is 12.3. The minimum Gasteiger partial charge on any atom is -0.480 e. The second-order valence-electron chi connectivity index (χ2n) is 10.1. The molecule has 3 aromatic rings. The molecule has 9 heteroatoms. The Morgan fingerprint density at radius 1 is 0.976 bits per heavy atom. The Morgan fingerprint density at radius 2 is 1.68 bits per heavy atom. The number of sulfonamides is 1. The van der Waals surface area contributed by atoms with Gasteiger partial charge in [0, 0.05) is 18.7 Å². The third kappa shape index (κ3) is 9.45. The fourth-order valence-corrected chi connectivity index (χ4v) is 6.69. The molecule has 7 nitrogen and oxygen atoms in total. The SMILES string of the molecule is CCCCS(=O)(=O)N(CCc1ccccc1)Cc1ccc(C(=O)N[C@@H](CCSC)C(=O)O)c(-c2ccccc2C)c1. The summed E-state index contributed by atoms with van der Waals surface area (Å²) in [7, 11) is -3.51. The van der Waals surface area contributed by atoms with E-state index in [1.807, 2.05) is 80.8 Å². The lowest BCUT2D eigenvalue weighted by atomic mass is 9.93. The molecule has 0 fully saturated rings. The number of carbonyl (C=O) groups is 2. The second-order valence-corrected chi connectivity index (χ2v) is 13.2. The van der Waals surface area contributed by atoms with Crippen LogP contribution in [0, 0.1) is 6.92 Å². The molecule has 0 bridgehead atoms. The first-order valence-electron chi connectivity index (χ1n) is 13.9. The van der Waals surface area contributed by atoms with E-state index in [9.17, 15) is 23.1 Å². The number of carboxylic acid groups (broad SMARTS) is 1. The monoisotopic (exact) mass is 596 g/mol. The molecule has 3 rings (SSSR count). The predicted molar refractivity (Wildman–Crippen MR) is 168 cm³/mol. The average molecular weight is 597 g/mol. The van der Waals surface area contributed by atoms with Gasteiger partial charge in [0.25, 0.3) is 5.91 Å². The standard InChI is InChI=1S/C32H40N2O5S2/c1-4-5-21-41(38,39)34(19-17-25-12-7-6-8-13-25)23-26-15-16-28(29(22-26)27-14-10-9-11-24(27)2)31(35)33-30(32(36)37)18-20-40-3/h6-16,22,30H,4-5,17-21,23H2,1-3H3,(H,33,35)(H,36,37)/t30-/m0/s1. The highest BCUT2D eigenvalue weighted by Gasteiger charge is 2.25. The van der Waals surface area contributed by atoms with E-state index in [0.717, 1.165) is 28.7 Å². The highest BCUT2D eigenvalue weighted by molar-refractivity contribution is 7.98. The lowest BCUT2D eigenvalue weighted by Gasteiger charge is -2.23. The summed E-state index contributed by atoms with van der Waals surface area (Å²) < 4.78 is 28.3. The molecule has 2 N–H and O–H groups in total. The number of carbonyl (C=O) groups excluding carboxylic acids is 1. The van der Waals surface area contributed by atoms with Crippen molar-refractivity contribution in [1.82, 2.24) is 9.62 Å². The molecule has 0 aliphatic carbocycles. The third-order valence-corrected chi connectivity index (χ3v) is 9.53. The molecule has 0 radical (unpaired) electrons. The molecule has 0 unspecified atom stereocenters. The van der Waals surface area contributed by atoms with Gasteiger partial charge in [0.2, 0.25) is 10.0 Å². The Bertz CT molecular complexity index is 1410. The van der Waals surface area contributed by atoms with Crippen molar-refractivity contribution in [2.24, 2.45) is 0 Å². The summed E-state index contributed by atoms with van der Waals surface area (Å²) in [6.07, 6.45) is 4.15. The van der Waals surface area contributed by atoms with Crippen LogP contribution in [0.5, 0.6) is 0 Å². The summed E-state index contributed by atoms with van der Waals surface area (Å²) >= 11 is 1.52. The van der Waals surface area contributed by atoms with Crippen LogP contribution in [0.15, 0.2) is 72.8 Å². The number of nitrogens with one attached hydrogen (secondary N) is 1. The number of nitrogens with zero attached hydrogens (tertiary/aromatic N) is 1. The van der Waals surface area contributed by atoms with Gasteiger partial charge in [-0.1, -0.05) is 74.0 Å². The number of thioether (sulfide) groups is 1. The number of hydrogen-bond donors (Lipinski definition) is 2. The van der Waals surface area contributed by atoms with Crippen LogP contribution in [0.2, 0.25) is 0 Å². The van der Waals surface area contributed by atoms with Crippen LogP contribution in [-0.2, 0) is 27.8 Å². The van der Waals surface area contributed by atoms with Crippen LogP contribution in [0.3, 0.4) is 0 Å². The summed E-state index contributed by atoms with van der Waals surface area (Å²) in [6, 6.07) is 21.8. The first kappa shape index (κ1) is 32.4. The Kier molecular flexibility index (Phi) is 12.4. The molecule has 0 aliphatic heterocycles. The van der Waals surface area contributed by atoms with Crippen molar-refractivity contribution in [2.75, 3.05) is 24.3 Å². The number of amides is 1. The molecule has 1 atom stereocenters. The molecule has 0 aliphatic rings. The lowest BCUT2D eigenvalue weighted by Crippen LogP contribution is -2.41. The summed E-state index contributed by atoms with van der Waals surface area (Å²) in [4.78, 5) is 25.2. The number of carboxylic acids is 1. The maximum Gasteiger partial charge on any atom is 0.326 e. The van der Waals surface area contributed by atoms with Crippen molar-refractivity contribution in [1.29, 1.82) is 0 Å². The molecule has 0 saturated carbocycles. The number of aliphatic carboxylic acids is 1. The Morgan fingerprint density at radius 3 is 2.34 bits per heavy atom. The molecule has 0 heterocycles. The van der Waals surface area contributed by atoms with Crippen molar-refractivity contribution in [3.05, 3.63) is 95.1 Å². The van der Waals surface area contributed by atoms with Crippen LogP contribution >= 0.6 is 11.8 Å². The minimum atomic E-state index is -3.51. The van der Waals surface area contributed by atoms with Gasteiger partial charge < -0.3 is 10.4 Å². The van der Waals surface area contributed by atoms with Crippen LogP contribution in [0.1, 0.15) is 53.2 Å². The van der Waals surface area contributed by atoms with Crippen molar-refractivity contribution in [3.8, 4) is 11.1 Å². The normalized spacial score (nSPS) is 12.3. The van der Waals surface area contributed by atoms with Crippen molar-refractivity contribution in [3.63, 3.8) is 0 Å². The Balaban J connectivity index is 1.98. The van der Waals surface area contributed by atoms with Gasteiger partial charge in [0.05, 0.1) is 5.75 Å². The molecule has 3 aromatic carbocycles. The molecule has 1 amide bonds. The molecular weight excluding hydrogens is 556 g/mol. The van der Waals surface area contributed by atoms with Crippen LogP contribution in [0.4, 0.5) is 0 Å². The van der Waals surface area contributed by atoms with Crippen LogP contribution in [0.25, 0.3) is 11.1 Å². The number of rotatable bonds is 16. The fourth-order valence-electron chi connectivity index (χ4n) is 4.59. The van der Waals surface area contributed by atoms with E-state index < -0.39 is 27.9 Å². The van der Waals surface area contributed by atoms with Crippen molar-refractivity contribution in [2.45, 2.75) is 52.1 Å². The van der Waals surface area contributed by atoms with E-state index in [4.69, 9.17) is 0 Å². The maximum absolute atomic E-state index is 13.4. The fraction of sp³-hybridized carbons (Fsp3) is 0.375. The van der Waals surface area contributed by atoms with Crippen molar-refractivity contribution >= 4 is 33.7 Å². The molecule has 0 spiro atoms. The zero-order valence-corrected chi connectivity index (χ0v) is 25.6. The van der Waals surface area contributed by atoms with Crippen molar-refractivity contribution < 1.29 is 23.1 Å². The van der Waals surface area contributed by atoms with E-state index in [2.05, 4.69) is 5.32 Å². The highest BCUT2D eigenvalue weighted by atomic mass is 32.2. The molecular formula is C32H40N2O5S2. The lowest BCUT2D eigenvalue weighted by molar-refractivity contribution is -0.139. The molecule has 0 saturated heterocycles. The van der Waals surface area contributed by atoms with Gasteiger partial charge in [-0.05, 0) is 78.1 Å². The van der Waals surface area contributed by atoms with E-state index in [-0.39, 0.29) is 12.3 Å². The number of aryl methyl sites for hydroxylation is 1. The zero-order valence-electron chi connectivity index (χ0n) is 24.0. The van der Waals surface area contributed by atoms with Gasteiger partial charge in [-0.25, -0.2) is 13.2 Å². The quantitative estimate of drug-likeness (QED) is 0.218. The summed E-state index contributed by atoms with van der Waals surface area (Å²) in [6.45, 7) is 4.43. The van der Waals surface area contributed by atoms with Crippen LogP contribution < -0.4 is 5.32 Å². The smallest absolute Gasteiger partial charge is 0.326 e. The summed E-state index contributed by atoms with van der Waals surface area (Å²) in [5.41, 5.74) is 4.59. The molecule has 41 heavy (non-hydrogen) atoms. The highest BCUT2D eigenvalue weighted by Crippen LogP contribution is 2.29. The maximum atomic E-state index is 13.4. The van der Waals surface area contributed by atoms with Gasteiger partial charge in [0.15, 0.2) is 0 Å². The van der Waals surface area contributed by atoms with Gasteiger partial charge in [-0.3, -0.25) is 4.79 Å². The van der Waals surface area contributed by atoms with Crippen LogP contribution in [-0.4, -0.2) is 60.1 Å². The first-order chi connectivity index (χ1) is 19.7. The third-order valence-electron chi connectivity index (χ3n) is 6.98. The first-order valence-corrected chi connectivity index (χ1v) is 16.9. The largest absolute Gasteiger partial charge is 0.480 e. The van der Waals surface area contributed by atoms with E-state index in [1.54, 1.807) is 12.1 Å². The van der Waals surface area contributed by atoms with E-state index >= 15 is 0 Å². The minimum absolute atomic E-state index is 0.0794. The predicted octanol–water partition coefficient (Wildman–Crippen LogP) is 5.77. The number of hydrogen-bond acceptors (Lipinski definition) is 5. The average Bonchev–Trinajstić information content (AvgIpc) is 2.96. The Labute approximate surface area is 248 Å². The van der Waals surface area contributed by atoms with Gasteiger partial charge in [-0.2, -0.15) is 16.1 Å². The van der Waals surface area contributed by atoms with Gasteiger partial charge in [-0.15, -0.1) is 0 Å². The summed E-state index contributed by atoms with van der Waals surface area (Å²) in [5.74, 6) is -0.866. The van der Waals surface area contributed by atoms with E-state index in [1.165, 1.54) is 16.1 Å². The number of benzene rings is 3. The second kappa shape index (κ2) is 15.7. The number of unbranched alkanes of at least 4 members (excludes halogenated alkanes) is 1.